The Morgan fingerprint density at radius 2 is 2.29 bits per heavy atom. The van der Waals surface area contributed by atoms with Crippen molar-refractivity contribution < 1.29 is 14.3 Å². The number of ether oxygens (including phenoxy) is 2. The van der Waals surface area contributed by atoms with Crippen LogP contribution in [0.4, 0.5) is 0 Å². The van der Waals surface area contributed by atoms with E-state index in [4.69, 9.17) is 16.3 Å². The van der Waals surface area contributed by atoms with E-state index in [0.29, 0.717) is 34.7 Å². The number of hydrogen-bond donors (Lipinski definition) is 0. The first-order chi connectivity index (χ1) is 8.11. The van der Waals surface area contributed by atoms with Gasteiger partial charge in [0.25, 0.3) is 0 Å². The van der Waals surface area contributed by atoms with Gasteiger partial charge in [-0.25, -0.2) is 9.78 Å². The molecule has 0 bridgehead atoms. The molecule has 5 heteroatoms. The van der Waals surface area contributed by atoms with E-state index in [0.717, 1.165) is 0 Å². The van der Waals surface area contributed by atoms with E-state index >= 15 is 0 Å². The van der Waals surface area contributed by atoms with Crippen molar-refractivity contribution in [1.82, 2.24) is 4.98 Å². The lowest BCUT2D eigenvalue weighted by molar-refractivity contribution is 0.0599. The fourth-order valence-corrected chi connectivity index (χ4v) is 1.66. The lowest BCUT2D eigenvalue weighted by atomic mass is 10.2. The van der Waals surface area contributed by atoms with Gasteiger partial charge in [0.2, 0.25) is 5.88 Å². The van der Waals surface area contributed by atoms with Crippen molar-refractivity contribution in [2.75, 3.05) is 13.7 Å². The summed E-state index contributed by atoms with van der Waals surface area (Å²) in [5.41, 5.74) is 0.934. The van der Waals surface area contributed by atoms with Crippen LogP contribution in [0.15, 0.2) is 6.07 Å². The topological polar surface area (TPSA) is 48.4 Å². The van der Waals surface area contributed by atoms with Crippen LogP contribution in [0.3, 0.4) is 0 Å². The van der Waals surface area contributed by atoms with Crippen molar-refractivity contribution in [3.05, 3.63) is 22.3 Å². The summed E-state index contributed by atoms with van der Waals surface area (Å²) in [6, 6.07) is 1.54. The number of nitrogens with zero attached hydrogens (tertiary/aromatic N) is 1. The lowest BCUT2D eigenvalue weighted by Gasteiger charge is -2.09. The summed E-state index contributed by atoms with van der Waals surface area (Å²) in [5.74, 6) is 0.586. The van der Waals surface area contributed by atoms with Crippen LogP contribution in [0.1, 0.15) is 28.9 Å². The standard InChI is InChI=1S/C12H14ClNO3/c1-7-9(12(15)16-2)5-10(13)11(14-7)17-6-8-3-4-8/h5,8H,3-4,6H2,1-2H3. The molecule has 1 aromatic rings. The summed E-state index contributed by atoms with van der Waals surface area (Å²) in [5, 5.41) is 0.344. The Labute approximate surface area is 105 Å². The van der Waals surface area contributed by atoms with Crippen molar-refractivity contribution >= 4 is 17.6 Å². The highest BCUT2D eigenvalue weighted by atomic mass is 35.5. The fourth-order valence-electron chi connectivity index (χ4n) is 1.46. The number of aromatic nitrogens is 1. The monoisotopic (exact) mass is 255 g/mol. The summed E-state index contributed by atoms with van der Waals surface area (Å²) < 4.78 is 10.2. The molecule has 1 aliphatic rings. The van der Waals surface area contributed by atoms with Gasteiger partial charge in [0.15, 0.2) is 0 Å². The highest BCUT2D eigenvalue weighted by molar-refractivity contribution is 6.32. The average molecular weight is 256 g/mol. The Morgan fingerprint density at radius 3 is 2.88 bits per heavy atom. The zero-order valence-corrected chi connectivity index (χ0v) is 10.6. The number of esters is 1. The van der Waals surface area contributed by atoms with Gasteiger partial charge in [-0.2, -0.15) is 0 Å². The molecular formula is C12H14ClNO3. The number of halogens is 1. The normalized spacial score (nSPS) is 14.5. The summed E-state index contributed by atoms with van der Waals surface area (Å²) in [7, 11) is 1.33. The molecule has 0 aromatic carbocycles. The maximum Gasteiger partial charge on any atom is 0.339 e. The second-order valence-electron chi connectivity index (χ2n) is 4.15. The molecule has 1 aromatic heterocycles. The van der Waals surface area contributed by atoms with Gasteiger partial charge < -0.3 is 9.47 Å². The number of carbonyl (C=O) groups excluding carboxylic acids is 1. The van der Waals surface area contributed by atoms with Gasteiger partial charge in [0.1, 0.15) is 5.02 Å². The largest absolute Gasteiger partial charge is 0.476 e. The molecule has 0 aliphatic heterocycles. The molecule has 0 amide bonds. The van der Waals surface area contributed by atoms with Gasteiger partial charge in [-0.1, -0.05) is 11.6 Å². The minimum absolute atomic E-state index is 0.344. The molecule has 1 saturated carbocycles. The number of hydrogen-bond acceptors (Lipinski definition) is 4. The van der Waals surface area contributed by atoms with Crippen LogP contribution in [-0.2, 0) is 4.74 Å². The van der Waals surface area contributed by atoms with Crippen LogP contribution in [0.25, 0.3) is 0 Å². The number of methoxy groups -OCH3 is 1. The quantitative estimate of drug-likeness (QED) is 0.776. The molecule has 0 N–H and O–H groups in total. The second-order valence-corrected chi connectivity index (χ2v) is 4.56. The molecule has 1 aliphatic carbocycles. The minimum atomic E-state index is -0.439. The van der Waals surface area contributed by atoms with Gasteiger partial charge in [0.05, 0.1) is 25.0 Å². The van der Waals surface area contributed by atoms with Gasteiger partial charge in [-0.05, 0) is 31.7 Å². The molecular weight excluding hydrogens is 242 g/mol. The molecule has 4 nitrogen and oxygen atoms in total. The van der Waals surface area contributed by atoms with Gasteiger partial charge in [-0.15, -0.1) is 0 Å². The molecule has 0 unspecified atom stereocenters. The fraction of sp³-hybridized carbons (Fsp3) is 0.500. The van der Waals surface area contributed by atoms with E-state index in [2.05, 4.69) is 9.72 Å². The molecule has 17 heavy (non-hydrogen) atoms. The van der Waals surface area contributed by atoms with Crippen LogP contribution in [-0.4, -0.2) is 24.7 Å². The molecule has 2 rings (SSSR count). The first-order valence-corrected chi connectivity index (χ1v) is 5.88. The van der Waals surface area contributed by atoms with Gasteiger partial charge in [-0.3, -0.25) is 0 Å². The van der Waals surface area contributed by atoms with E-state index in [1.165, 1.54) is 26.0 Å². The zero-order chi connectivity index (χ0) is 12.4. The molecule has 1 fully saturated rings. The molecule has 0 radical (unpaired) electrons. The molecule has 92 valence electrons. The van der Waals surface area contributed by atoms with Crippen LogP contribution in [0.5, 0.6) is 5.88 Å². The lowest BCUT2D eigenvalue weighted by Crippen LogP contribution is -2.08. The Kier molecular flexibility index (Phi) is 3.52. The summed E-state index contributed by atoms with van der Waals surface area (Å²) in [6.07, 6.45) is 2.41. The van der Waals surface area contributed by atoms with E-state index in [9.17, 15) is 4.79 Å². The smallest absolute Gasteiger partial charge is 0.339 e. The molecule has 0 spiro atoms. The maximum atomic E-state index is 11.4. The van der Waals surface area contributed by atoms with Crippen molar-refractivity contribution in [1.29, 1.82) is 0 Å². The Balaban J connectivity index is 2.17. The summed E-state index contributed by atoms with van der Waals surface area (Å²) in [4.78, 5) is 15.6. The zero-order valence-electron chi connectivity index (χ0n) is 9.83. The predicted molar refractivity (Wildman–Crippen MR) is 63.5 cm³/mol. The summed E-state index contributed by atoms with van der Waals surface area (Å²) >= 11 is 6.01. The third-order valence-corrected chi connectivity index (χ3v) is 2.96. The van der Waals surface area contributed by atoms with Gasteiger partial charge in [0, 0.05) is 0 Å². The van der Waals surface area contributed by atoms with E-state index in [1.54, 1.807) is 6.92 Å². The number of carbonyl (C=O) groups is 1. The van der Waals surface area contributed by atoms with E-state index < -0.39 is 5.97 Å². The van der Waals surface area contributed by atoms with Crippen molar-refractivity contribution in [2.24, 2.45) is 5.92 Å². The number of rotatable bonds is 4. The molecule has 0 atom stereocenters. The van der Waals surface area contributed by atoms with E-state index in [1.807, 2.05) is 0 Å². The van der Waals surface area contributed by atoms with Crippen LogP contribution < -0.4 is 4.74 Å². The Bertz CT molecular complexity index is 444. The molecule has 0 saturated heterocycles. The third-order valence-electron chi connectivity index (χ3n) is 2.69. The first kappa shape index (κ1) is 12.2. The number of pyridine rings is 1. The highest BCUT2D eigenvalue weighted by Gasteiger charge is 2.23. The second kappa shape index (κ2) is 4.92. The average Bonchev–Trinajstić information content (AvgIpc) is 3.12. The summed E-state index contributed by atoms with van der Waals surface area (Å²) in [6.45, 7) is 2.37. The van der Waals surface area contributed by atoms with Crippen molar-refractivity contribution in [3.63, 3.8) is 0 Å². The Hall–Kier alpha value is -1.29. The van der Waals surface area contributed by atoms with Crippen molar-refractivity contribution in [3.8, 4) is 5.88 Å². The SMILES string of the molecule is COC(=O)c1cc(Cl)c(OCC2CC2)nc1C. The predicted octanol–water partition coefficient (Wildman–Crippen LogP) is 2.62. The van der Waals surface area contributed by atoms with Gasteiger partial charge >= 0.3 is 5.97 Å². The Morgan fingerprint density at radius 1 is 1.59 bits per heavy atom. The maximum absolute atomic E-state index is 11.4. The first-order valence-electron chi connectivity index (χ1n) is 5.50. The van der Waals surface area contributed by atoms with Crippen molar-refractivity contribution in [2.45, 2.75) is 19.8 Å². The van der Waals surface area contributed by atoms with E-state index in [-0.39, 0.29) is 0 Å². The van der Waals surface area contributed by atoms with Crippen LogP contribution >= 0.6 is 11.6 Å². The highest BCUT2D eigenvalue weighted by Crippen LogP contribution is 2.31. The molecule has 1 heterocycles. The number of aryl methyl sites for hydroxylation is 1. The minimum Gasteiger partial charge on any atom is -0.476 e. The van der Waals surface area contributed by atoms with Crippen LogP contribution in [0.2, 0.25) is 5.02 Å². The van der Waals surface area contributed by atoms with Crippen LogP contribution in [0, 0.1) is 12.8 Å². The third kappa shape index (κ3) is 2.88.